The van der Waals surface area contributed by atoms with E-state index in [9.17, 15) is 0 Å². The molecular weight excluding hydrogens is 464 g/mol. The summed E-state index contributed by atoms with van der Waals surface area (Å²) in [7, 11) is 0. The zero-order valence-electron chi connectivity index (χ0n) is 20.5. The first-order valence-corrected chi connectivity index (χ1v) is 12.9. The van der Waals surface area contributed by atoms with E-state index in [-0.39, 0.29) is 0 Å². The van der Waals surface area contributed by atoms with Gasteiger partial charge in [0.2, 0.25) is 5.95 Å². The molecule has 4 nitrogen and oxygen atoms in total. The number of rotatable bonds is 3. The van der Waals surface area contributed by atoms with Gasteiger partial charge in [-0.05, 0) is 28.3 Å². The summed E-state index contributed by atoms with van der Waals surface area (Å²) in [5.41, 5.74) is 9.48. The van der Waals surface area contributed by atoms with Crippen LogP contribution in [0, 0.1) is 0 Å². The van der Waals surface area contributed by atoms with Gasteiger partial charge in [-0.25, -0.2) is 4.98 Å². The van der Waals surface area contributed by atoms with Crippen molar-refractivity contribution in [2.24, 2.45) is 0 Å². The van der Waals surface area contributed by atoms with Crippen LogP contribution in [-0.4, -0.2) is 19.5 Å². The summed E-state index contributed by atoms with van der Waals surface area (Å²) in [6, 6.07) is 42.1. The molecule has 0 spiro atoms. The highest BCUT2D eigenvalue weighted by atomic mass is 15.2. The van der Waals surface area contributed by atoms with Gasteiger partial charge in [0.15, 0.2) is 11.6 Å². The van der Waals surface area contributed by atoms with E-state index in [0.29, 0.717) is 17.6 Å². The Bertz CT molecular complexity index is 1930. The summed E-state index contributed by atoms with van der Waals surface area (Å²) in [5.74, 6) is 1.96. The quantitative estimate of drug-likeness (QED) is 0.255. The fourth-order valence-corrected chi connectivity index (χ4v) is 5.79. The van der Waals surface area contributed by atoms with Gasteiger partial charge in [0.25, 0.3) is 0 Å². The second kappa shape index (κ2) is 8.22. The van der Waals surface area contributed by atoms with Gasteiger partial charge in [-0.15, -0.1) is 0 Å². The fraction of sp³-hybridized carbons (Fsp3) is 0.0294. The second-order valence-corrected chi connectivity index (χ2v) is 9.69. The second-order valence-electron chi connectivity index (χ2n) is 9.69. The van der Waals surface area contributed by atoms with Gasteiger partial charge in [0.05, 0.1) is 11.0 Å². The van der Waals surface area contributed by atoms with Crippen LogP contribution in [0.5, 0.6) is 0 Å². The Hall–Kier alpha value is -5.09. The van der Waals surface area contributed by atoms with Crippen molar-refractivity contribution in [2.45, 2.75) is 6.42 Å². The molecule has 0 amide bonds. The molecule has 0 N–H and O–H groups in total. The maximum atomic E-state index is 5.09. The summed E-state index contributed by atoms with van der Waals surface area (Å²) in [4.78, 5) is 15.1. The minimum absolute atomic E-state index is 0.633. The minimum Gasteiger partial charge on any atom is -0.277 e. The molecule has 0 atom stereocenters. The Morgan fingerprint density at radius 3 is 1.87 bits per heavy atom. The van der Waals surface area contributed by atoms with Crippen molar-refractivity contribution in [1.82, 2.24) is 19.5 Å². The molecule has 1 aliphatic carbocycles. The molecule has 0 saturated carbocycles. The van der Waals surface area contributed by atoms with E-state index in [1.807, 2.05) is 60.7 Å². The predicted octanol–water partition coefficient (Wildman–Crippen LogP) is 7.87. The zero-order chi connectivity index (χ0) is 25.1. The lowest BCUT2D eigenvalue weighted by Gasteiger charge is -2.12. The van der Waals surface area contributed by atoms with Crippen molar-refractivity contribution in [3.05, 3.63) is 132 Å². The highest BCUT2D eigenvalue weighted by Gasteiger charge is 2.25. The van der Waals surface area contributed by atoms with Gasteiger partial charge in [-0.2, -0.15) is 9.97 Å². The van der Waals surface area contributed by atoms with Gasteiger partial charge in [0, 0.05) is 28.3 Å². The molecule has 2 aromatic heterocycles. The molecule has 1 aliphatic rings. The van der Waals surface area contributed by atoms with Crippen molar-refractivity contribution < 1.29 is 0 Å². The molecule has 0 fully saturated rings. The number of hydrogen-bond acceptors (Lipinski definition) is 3. The maximum absolute atomic E-state index is 5.09. The molecule has 178 valence electrons. The highest BCUT2D eigenvalue weighted by molar-refractivity contribution is 6.12. The molecule has 2 heterocycles. The van der Waals surface area contributed by atoms with Crippen molar-refractivity contribution >= 4 is 21.8 Å². The summed E-state index contributed by atoms with van der Waals surface area (Å²) >= 11 is 0. The van der Waals surface area contributed by atoms with Crippen molar-refractivity contribution in [2.75, 3.05) is 0 Å². The minimum atomic E-state index is 0.633. The van der Waals surface area contributed by atoms with Crippen LogP contribution in [0.25, 0.3) is 61.7 Å². The van der Waals surface area contributed by atoms with Gasteiger partial charge in [-0.3, -0.25) is 4.57 Å². The lowest BCUT2D eigenvalue weighted by molar-refractivity contribution is 0.950. The molecule has 8 rings (SSSR count). The number of hydrogen-bond donors (Lipinski definition) is 0. The van der Waals surface area contributed by atoms with Crippen LogP contribution in [0.15, 0.2) is 121 Å². The molecule has 0 aliphatic heterocycles. The first kappa shape index (κ1) is 21.0. The Labute approximate surface area is 219 Å². The van der Waals surface area contributed by atoms with Crippen molar-refractivity contribution in [1.29, 1.82) is 0 Å². The van der Waals surface area contributed by atoms with Crippen molar-refractivity contribution in [3.8, 4) is 39.9 Å². The first-order chi connectivity index (χ1) is 18.8. The van der Waals surface area contributed by atoms with Gasteiger partial charge in [0.1, 0.15) is 0 Å². The third-order valence-electron chi connectivity index (χ3n) is 7.50. The molecule has 0 radical (unpaired) electrons. The normalized spacial score (nSPS) is 12.1. The summed E-state index contributed by atoms with van der Waals surface area (Å²) in [6.07, 6.45) is 0.890. The van der Waals surface area contributed by atoms with Gasteiger partial charge >= 0.3 is 0 Å². The maximum Gasteiger partial charge on any atom is 0.238 e. The number of nitrogens with zero attached hydrogens (tertiary/aromatic N) is 4. The highest BCUT2D eigenvalue weighted by Crippen LogP contribution is 2.43. The van der Waals surface area contributed by atoms with E-state index >= 15 is 0 Å². The molecule has 38 heavy (non-hydrogen) atoms. The number of aromatic nitrogens is 4. The monoisotopic (exact) mass is 486 g/mol. The van der Waals surface area contributed by atoms with Crippen LogP contribution < -0.4 is 0 Å². The van der Waals surface area contributed by atoms with E-state index in [1.165, 1.54) is 38.5 Å². The average molecular weight is 487 g/mol. The molecule has 0 saturated heterocycles. The summed E-state index contributed by atoms with van der Waals surface area (Å²) in [6.45, 7) is 0. The van der Waals surface area contributed by atoms with Crippen molar-refractivity contribution in [3.63, 3.8) is 0 Å². The fourth-order valence-electron chi connectivity index (χ4n) is 5.79. The molecule has 4 heteroatoms. The first-order valence-electron chi connectivity index (χ1n) is 12.9. The van der Waals surface area contributed by atoms with Gasteiger partial charge < -0.3 is 0 Å². The number of fused-ring (bicyclic) bond motifs is 7. The lowest BCUT2D eigenvalue weighted by Crippen LogP contribution is -2.07. The molecule has 0 unspecified atom stereocenters. The SMILES string of the molecule is c1ccc(-c2nc(-c3ccccc3)nc(-n3c4ccccc4c4ccc5c(c43)Cc3ccccc3-5)n2)cc1. The van der Waals surface area contributed by atoms with E-state index in [4.69, 9.17) is 15.0 Å². The molecule has 5 aromatic carbocycles. The Morgan fingerprint density at radius 1 is 0.500 bits per heavy atom. The van der Waals surface area contributed by atoms with Crippen LogP contribution in [0.3, 0.4) is 0 Å². The van der Waals surface area contributed by atoms with E-state index in [1.54, 1.807) is 0 Å². The van der Waals surface area contributed by atoms with Crippen LogP contribution in [0.4, 0.5) is 0 Å². The average Bonchev–Trinajstić information content (AvgIpc) is 3.54. The zero-order valence-corrected chi connectivity index (χ0v) is 20.5. The van der Waals surface area contributed by atoms with Crippen LogP contribution in [0.1, 0.15) is 11.1 Å². The molecular formula is C34H22N4. The Kier molecular flexibility index (Phi) is 4.55. The van der Waals surface area contributed by atoms with E-state index in [2.05, 4.69) is 65.2 Å². The number of benzene rings is 5. The molecule has 0 bridgehead atoms. The van der Waals surface area contributed by atoms with Crippen LogP contribution >= 0.6 is 0 Å². The summed E-state index contributed by atoms with van der Waals surface area (Å²) in [5, 5.41) is 2.42. The number of para-hydroxylation sites is 1. The lowest BCUT2D eigenvalue weighted by atomic mass is 10.0. The molecule has 7 aromatic rings. The Morgan fingerprint density at radius 2 is 1.13 bits per heavy atom. The smallest absolute Gasteiger partial charge is 0.238 e. The van der Waals surface area contributed by atoms with Crippen LogP contribution in [-0.2, 0) is 6.42 Å². The standard InChI is InChI=1S/C34H22N4/c1-3-11-22(12-4-1)32-35-33(23-13-5-2-6-14-23)37-34(36-32)38-30-18-10-9-17-27(30)28-20-19-26-25-16-8-7-15-24(25)21-29(26)31(28)38/h1-20H,21H2. The third kappa shape index (κ3) is 3.14. The topological polar surface area (TPSA) is 43.6 Å². The van der Waals surface area contributed by atoms with Crippen LogP contribution in [0.2, 0.25) is 0 Å². The van der Waals surface area contributed by atoms with E-state index < -0.39 is 0 Å². The van der Waals surface area contributed by atoms with Gasteiger partial charge in [-0.1, -0.05) is 115 Å². The summed E-state index contributed by atoms with van der Waals surface area (Å²) < 4.78 is 2.25. The van der Waals surface area contributed by atoms with E-state index in [0.717, 1.165) is 23.1 Å². The largest absolute Gasteiger partial charge is 0.277 e. The third-order valence-corrected chi connectivity index (χ3v) is 7.50. The Balaban J connectivity index is 1.48. The predicted molar refractivity (Wildman–Crippen MR) is 153 cm³/mol.